The molecule has 0 spiro atoms. The molecule has 0 saturated carbocycles. The van der Waals surface area contributed by atoms with Gasteiger partial charge in [-0.05, 0) is 28.8 Å². The van der Waals surface area contributed by atoms with Gasteiger partial charge in [-0.1, -0.05) is 65.7 Å². The van der Waals surface area contributed by atoms with Crippen LogP contribution in [0.2, 0.25) is 22.7 Å². The summed E-state index contributed by atoms with van der Waals surface area (Å²) in [5.41, 5.74) is 3.51. The minimum Gasteiger partial charge on any atom is -0.101 e. The molecule has 0 fully saturated rings. The van der Waals surface area contributed by atoms with E-state index in [2.05, 4.69) is 77.6 Å². The minimum absolute atomic E-state index is 0.789. The van der Waals surface area contributed by atoms with Crippen molar-refractivity contribution in [2.45, 2.75) is 64.2 Å². The Hall–Kier alpha value is -1.00. The van der Waals surface area contributed by atoms with Gasteiger partial charge in [-0.2, -0.15) is 0 Å². The summed E-state index contributed by atoms with van der Waals surface area (Å²) in [6.07, 6.45) is 0. The van der Waals surface area contributed by atoms with Crippen LogP contribution >= 0.6 is 0 Å². The van der Waals surface area contributed by atoms with E-state index in [9.17, 15) is 0 Å². The molecule has 0 radical (unpaired) electrons. The highest BCUT2D eigenvalue weighted by Crippen LogP contribution is 2.44. The van der Waals surface area contributed by atoms with Gasteiger partial charge in [0, 0.05) is 11.6 Å². The molecule has 1 rings (SSSR count). The zero-order chi connectivity index (χ0) is 14.5. The summed E-state index contributed by atoms with van der Waals surface area (Å²) in [4.78, 5) is 0. The van der Waals surface area contributed by atoms with Gasteiger partial charge in [0.25, 0.3) is 0 Å². The lowest BCUT2D eigenvalue weighted by atomic mass is 10.2. The van der Waals surface area contributed by atoms with Crippen LogP contribution < -0.4 is 0 Å². The van der Waals surface area contributed by atoms with Crippen molar-refractivity contribution >= 4 is 8.07 Å². The molecular formula is C18H28Si. The van der Waals surface area contributed by atoms with E-state index in [-0.39, 0.29) is 0 Å². The smallest absolute Gasteiger partial charge is 0.0740 e. The van der Waals surface area contributed by atoms with Crippen molar-refractivity contribution in [2.75, 3.05) is 0 Å². The van der Waals surface area contributed by atoms with Crippen LogP contribution in [0.25, 0.3) is 0 Å². The largest absolute Gasteiger partial charge is 0.101 e. The van der Waals surface area contributed by atoms with Crippen molar-refractivity contribution < 1.29 is 0 Å². The van der Waals surface area contributed by atoms with Crippen LogP contribution in [0.1, 0.15) is 47.1 Å². The first-order chi connectivity index (χ1) is 8.91. The average molecular weight is 273 g/mol. The molecule has 104 valence electrons. The van der Waals surface area contributed by atoms with Crippen molar-refractivity contribution in [2.24, 2.45) is 0 Å². The summed E-state index contributed by atoms with van der Waals surface area (Å²) < 4.78 is 0. The second-order valence-corrected chi connectivity index (χ2v) is 12.5. The summed E-state index contributed by atoms with van der Waals surface area (Å²) in [5, 5.41) is 0. The Bertz CT molecular complexity index is 410. The number of rotatable bonds is 4. The molecule has 0 nitrogen and oxygen atoms in total. The standard InChI is InChI=1S/C18H28Si/c1-15(2)19(16(3)4,17(5)6)14-10-13-18-11-8-7-9-12-18/h7-9,11-12,15-17H,14H2,1-6H3. The van der Waals surface area contributed by atoms with Gasteiger partial charge in [0.1, 0.15) is 0 Å². The molecule has 0 N–H and O–H groups in total. The second kappa shape index (κ2) is 6.96. The lowest BCUT2D eigenvalue weighted by Crippen LogP contribution is -2.43. The molecule has 0 heterocycles. The molecule has 0 unspecified atom stereocenters. The van der Waals surface area contributed by atoms with E-state index in [1.807, 2.05) is 6.07 Å². The van der Waals surface area contributed by atoms with Crippen LogP contribution in [0.3, 0.4) is 0 Å². The predicted octanol–water partition coefficient (Wildman–Crippen LogP) is 5.72. The van der Waals surface area contributed by atoms with E-state index >= 15 is 0 Å². The molecule has 1 aromatic rings. The van der Waals surface area contributed by atoms with Gasteiger partial charge in [-0.15, -0.1) is 5.92 Å². The summed E-state index contributed by atoms with van der Waals surface area (Å²) in [7, 11) is -1.36. The van der Waals surface area contributed by atoms with E-state index in [1.165, 1.54) is 0 Å². The molecule has 0 amide bonds. The molecule has 0 aliphatic heterocycles. The first-order valence-electron chi connectivity index (χ1n) is 7.45. The minimum atomic E-state index is -1.36. The summed E-state index contributed by atoms with van der Waals surface area (Å²) in [6.45, 7) is 14.4. The first-order valence-corrected chi connectivity index (χ1v) is 9.89. The quantitative estimate of drug-likeness (QED) is 0.486. The molecule has 0 atom stereocenters. The summed E-state index contributed by atoms with van der Waals surface area (Å²) in [6, 6.07) is 11.5. The maximum absolute atomic E-state index is 3.50. The third kappa shape index (κ3) is 3.73. The topological polar surface area (TPSA) is 0 Å². The van der Waals surface area contributed by atoms with Crippen molar-refractivity contribution in [3.8, 4) is 11.8 Å². The van der Waals surface area contributed by atoms with Gasteiger partial charge in [0.15, 0.2) is 0 Å². The Labute approximate surface area is 120 Å². The van der Waals surface area contributed by atoms with Crippen LogP contribution in [0.4, 0.5) is 0 Å². The Balaban J connectivity index is 2.95. The van der Waals surface area contributed by atoms with E-state index < -0.39 is 8.07 Å². The summed E-state index contributed by atoms with van der Waals surface area (Å²) in [5.74, 6) is 6.85. The van der Waals surface area contributed by atoms with Gasteiger partial charge in [0.05, 0.1) is 8.07 Å². The van der Waals surface area contributed by atoms with Gasteiger partial charge in [-0.25, -0.2) is 0 Å². The van der Waals surface area contributed by atoms with E-state index in [4.69, 9.17) is 0 Å². The molecule has 0 aliphatic rings. The van der Waals surface area contributed by atoms with Crippen LogP contribution in [-0.4, -0.2) is 8.07 Å². The number of hydrogen-bond acceptors (Lipinski definition) is 0. The average Bonchev–Trinajstić information content (AvgIpc) is 2.34. The molecule has 0 bridgehead atoms. The zero-order valence-corrected chi connectivity index (χ0v) is 14.3. The molecule has 0 aliphatic carbocycles. The van der Waals surface area contributed by atoms with Gasteiger partial charge in [-0.3, -0.25) is 0 Å². The molecule has 0 saturated heterocycles. The Morgan fingerprint density at radius 3 is 1.74 bits per heavy atom. The monoisotopic (exact) mass is 272 g/mol. The highest BCUT2D eigenvalue weighted by molar-refractivity contribution is 6.84. The highest BCUT2D eigenvalue weighted by Gasteiger charge is 2.41. The molecule has 1 heteroatoms. The highest BCUT2D eigenvalue weighted by atomic mass is 28.3. The fourth-order valence-electron chi connectivity index (χ4n) is 3.43. The van der Waals surface area contributed by atoms with Crippen LogP contribution in [0, 0.1) is 11.8 Å². The maximum Gasteiger partial charge on any atom is 0.0740 e. The second-order valence-electron chi connectivity index (χ2n) is 6.42. The number of hydrogen-bond donors (Lipinski definition) is 0. The lowest BCUT2D eigenvalue weighted by Gasteiger charge is -2.42. The van der Waals surface area contributed by atoms with Crippen molar-refractivity contribution in [1.29, 1.82) is 0 Å². The fourth-order valence-corrected chi connectivity index (χ4v) is 9.05. The predicted molar refractivity (Wildman–Crippen MR) is 89.2 cm³/mol. The van der Waals surface area contributed by atoms with E-state index in [0.717, 1.165) is 28.2 Å². The van der Waals surface area contributed by atoms with Gasteiger partial charge in [0.2, 0.25) is 0 Å². The van der Waals surface area contributed by atoms with Crippen molar-refractivity contribution in [3.05, 3.63) is 35.9 Å². The Morgan fingerprint density at radius 2 is 1.32 bits per heavy atom. The maximum atomic E-state index is 3.50. The van der Waals surface area contributed by atoms with Crippen LogP contribution in [-0.2, 0) is 0 Å². The third-order valence-corrected chi connectivity index (χ3v) is 11.9. The molecule has 0 aromatic heterocycles. The van der Waals surface area contributed by atoms with Gasteiger partial charge < -0.3 is 0 Å². The molecule has 1 aromatic carbocycles. The molecule has 19 heavy (non-hydrogen) atoms. The van der Waals surface area contributed by atoms with Crippen LogP contribution in [0.5, 0.6) is 0 Å². The third-order valence-electron chi connectivity index (χ3n) is 4.63. The van der Waals surface area contributed by atoms with Crippen LogP contribution in [0.15, 0.2) is 30.3 Å². The SMILES string of the molecule is CC(C)[Si](CC#Cc1ccccc1)(C(C)C)C(C)C. The Morgan fingerprint density at radius 1 is 0.842 bits per heavy atom. The lowest BCUT2D eigenvalue weighted by molar-refractivity contribution is 0.813. The first kappa shape index (κ1) is 16.1. The van der Waals surface area contributed by atoms with Crippen molar-refractivity contribution in [3.63, 3.8) is 0 Å². The molecular weight excluding hydrogens is 244 g/mol. The van der Waals surface area contributed by atoms with Crippen molar-refractivity contribution in [1.82, 2.24) is 0 Å². The summed E-state index contributed by atoms with van der Waals surface area (Å²) >= 11 is 0. The van der Waals surface area contributed by atoms with Gasteiger partial charge >= 0.3 is 0 Å². The zero-order valence-electron chi connectivity index (χ0n) is 13.3. The number of benzene rings is 1. The Kier molecular flexibility index (Phi) is 5.88. The van der Waals surface area contributed by atoms with E-state index in [1.54, 1.807) is 0 Å². The normalized spacial score (nSPS) is 11.8. The van der Waals surface area contributed by atoms with E-state index in [0.29, 0.717) is 0 Å². The fraction of sp³-hybridized carbons (Fsp3) is 0.556.